The lowest BCUT2D eigenvalue weighted by molar-refractivity contribution is 0.159. The zero-order valence-corrected chi connectivity index (χ0v) is 16.6. The van der Waals surface area contributed by atoms with Crippen LogP contribution in [0.2, 0.25) is 0 Å². The molecular formula is C19H30N2O4S. The largest absolute Gasteiger partial charge is 0.496 e. The Morgan fingerprint density at radius 1 is 1.19 bits per heavy atom. The number of rotatable bonds is 8. The van der Waals surface area contributed by atoms with Crippen LogP contribution in [0, 0.1) is 5.92 Å². The van der Waals surface area contributed by atoms with E-state index in [4.69, 9.17) is 9.47 Å². The van der Waals surface area contributed by atoms with Gasteiger partial charge in [-0.1, -0.05) is 0 Å². The highest BCUT2D eigenvalue weighted by atomic mass is 32.2. The van der Waals surface area contributed by atoms with Crippen LogP contribution >= 0.6 is 0 Å². The zero-order valence-electron chi connectivity index (χ0n) is 15.8. The van der Waals surface area contributed by atoms with Crippen molar-refractivity contribution in [1.29, 1.82) is 0 Å². The Morgan fingerprint density at radius 3 is 2.69 bits per heavy atom. The number of likely N-dealkylation sites (tertiary alicyclic amines) is 1. The second-order valence-electron chi connectivity index (χ2n) is 7.23. The third kappa shape index (κ3) is 4.39. The maximum atomic E-state index is 12.9. The highest BCUT2D eigenvalue weighted by Gasteiger charge is 2.27. The maximum Gasteiger partial charge on any atom is 0.240 e. The summed E-state index contributed by atoms with van der Waals surface area (Å²) in [6.07, 6.45) is 4.82. The second kappa shape index (κ2) is 8.69. The van der Waals surface area contributed by atoms with E-state index in [1.165, 1.54) is 0 Å². The lowest BCUT2D eigenvalue weighted by Crippen LogP contribution is -2.32. The molecule has 1 aliphatic carbocycles. The predicted molar refractivity (Wildman–Crippen MR) is 101 cm³/mol. The topological polar surface area (TPSA) is 67.9 Å². The van der Waals surface area contributed by atoms with Crippen LogP contribution in [0.5, 0.6) is 5.75 Å². The fourth-order valence-corrected chi connectivity index (χ4v) is 5.46. The molecule has 0 amide bonds. The molecule has 3 rings (SSSR count). The Hall–Kier alpha value is -1.15. The molecule has 0 radical (unpaired) electrons. The maximum absolute atomic E-state index is 12.9. The summed E-state index contributed by atoms with van der Waals surface area (Å²) in [7, 11) is -0.147. The molecule has 146 valence electrons. The molecule has 0 spiro atoms. The van der Waals surface area contributed by atoms with Gasteiger partial charge in [-0.05, 0) is 67.8 Å². The van der Waals surface area contributed by atoms with Gasteiger partial charge in [0.25, 0.3) is 0 Å². The molecule has 1 aromatic carbocycles. The SMILES string of the molecule is COCCN1CC[C@H](CNS(=O)(=O)c2ccc(OC)c3c2CCCC3)C1. The first-order valence-corrected chi connectivity index (χ1v) is 10.9. The number of sulfonamides is 1. The van der Waals surface area contributed by atoms with Crippen LogP contribution < -0.4 is 9.46 Å². The summed E-state index contributed by atoms with van der Waals surface area (Å²) in [5, 5.41) is 0. The summed E-state index contributed by atoms with van der Waals surface area (Å²) in [6.45, 7) is 4.05. The molecule has 1 saturated heterocycles. The van der Waals surface area contributed by atoms with Crippen molar-refractivity contribution < 1.29 is 17.9 Å². The van der Waals surface area contributed by atoms with Gasteiger partial charge in [0.1, 0.15) is 5.75 Å². The van der Waals surface area contributed by atoms with Gasteiger partial charge in [-0.15, -0.1) is 0 Å². The summed E-state index contributed by atoms with van der Waals surface area (Å²) in [5.74, 6) is 1.17. The highest BCUT2D eigenvalue weighted by Crippen LogP contribution is 2.34. The Morgan fingerprint density at radius 2 is 1.96 bits per heavy atom. The van der Waals surface area contributed by atoms with Gasteiger partial charge in [0.15, 0.2) is 0 Å². The molecule has 26 heavy (non-hydrogen) atoms. The second-order valence-corrected chi connectivity index (χ2v) is 8.97. The van der Waals surface area contributed by atoms with Gasteiger partial charge in [0.05, 0.1) is 18.6 Å². The van der Waals surface area contributed by atoms with Gasteiger partial charge in [-0.2, -0.15) is 0 Å². The Bertz CT molecular complexity index is 720. The van der Waals surface area contributed by atoms with Crippen molar-refractivity contribution in [3.05, 3.63) is 23.3 Å². The summed E-state index contributed by atoms with van der Waals surface area (Å²) in [5.41, 5.74) is 2.00. The first kappa shape index (κ1) is 19.6. The number of hydrogen-bond donors (Lipinski definition) is 1. The van der Waals surface area contributed by atoms with Gasteiger partial charge in [0, 0.05) is 26.7 Å². The molecule has 0 saturated carbocycles. The molecule has 0 bridgehead atoms. The van der Waals surface area contributed by atoms with Crippen LogP contribution in [-0.4, -0.2) is 60.3 Å². The molecule has 1 heterocycles. The van der Waals surface area contributed by atoms with Crippen LogP contribution in [-0.2, 0) is 27.6 Å². The predicted octanol–water partition coefficient (Wildman–Crippen LogP) is 1.82. The van der Waals surface area contributed by atoms with Crippen molar-refractivity contribution >= 4 is 10.0 Å². The molecule has 1 aliphatic heterocycles. The number of hydrogen-bond acceptors (Lipinski definition) is 5. The Kier molecular flexibility index (Phi) is 6.55. The third-order valence-corrected chi connectivity index (χ3v) is 7.01. The van der Waals surface area contributed by atoms with Crippen molar-refractivity contribution in [2.24, 2.45) is 5.92 Å². The number of benzene rings is 1. The number of nitrogens with one attached hydrogen (secondary N) is 1. The highest BCUT2D eigenvalue weighted by molar-refractivity contribution is 7.89. The van der Waals surface area contributed by atoms with E-state index < -0.39 is 10.0 Å². The van der Waals surface area contributed by atoms with Crippen LogP contribution in [0.1, 0.15) is 30.4 Å². The minimum Gasteiger partial charge on any atom is -0.496 e. The first-order valence-electron chi connectivity index (χ1n) is 9.45. The molecular weight excluding hydrogens is 352 g/mol. The molecule has 1 N–H and O–H groups in total. The number of ether oxygens (including phenoxy) is 2. The molecule has 0 aromatic heterocycles. The monoisotopic (exact) mass is 382 g/mol. The van der Waals surface area contributed by atoms with Gasteiger partial charge < -0.3 is 14.4 Å². The summed E-state index contributed by atoms with van der Waals surface area (Å²) in [6, 6.07) is 3.49. The molecule has 0 unspecified atom stereocenters. The summed E-state index contributed by atoms with van der Waals surface area (Å²) < 4.78 is 39.3. The summed E-state index contributed by atoms with van der Waals surface area (Å²) >= 11 is 0. The standard InChI is InChI=1S/C19H30N2O4S/c1-24-12-11-21-10-9-15(14-21)13-20-26(22,23)19-8-7-18(25-2)16-5-3-4-6-17(16)19/h7-8,15,20H,3-6,9-14H2,1-2H3/t15-/m1/s1. The smallest absolute Gasteiger partial charge is 0.240 e. The molecule has 7 heteroatoms. The fraction of sp³-hybridized carbons (Fsp3) is 0.684. The zero-order chi connectivity index (χ0) is 18.6. The normalized spacial score (nSPS) is 20.9. The Balaban J connectivity index is 1.67. The number of nitrogens with zero attached hydrogens (tertiary/aromatic N) is 1. The van der Waals surface area contributed by atoms with Crippen molar-refractivity contribution in [2.75, 3.05) is 47.0 Å². The van der Waals surface area contributed by atoms with Gasteiger partial charge in [-0.3, -0.25) is 0 Å². The quantitative estimate of drug-likeness (QED) is 0.743. The van der Waals surface area contributed by atoms with E-state index in [0.717, 1.165) is 75.2 Å². The number of fused-ring (bicyclic) bond motifs is 1. The summed E-state index contributed by atoms with van der Waals surface area (Å²) in [4.78, 5) is 2.76. The minimum atomic E-state index is -3.50. The van der Waals surface area contributed by atoms with E-state index in [2.05, 4.69) is 9.62 Å². The average molecular weight is 383 g/mol. The first-order chi connectivity index (χ1) is 12.5. The van der Waals surface area contributed by atoms with E-state index in [0.29, 0.717) is 17.4 Å². The molecule has 1 aromatic rings. The van der Waals surface area contributed by atoms with Crippen LogP contribution in [0.3, 0.4) is 0 Å². The van der Waals surface area contributed by atoms with Crippen molar-refractivity contribution in [3.63, 3.8) is 0 Å². The average Bonchev–Trinajstić information content (AvgIpc) is 3.11. The van der Waals surface area contributed by atoms with E-state index in [9.17, 15) is 8.42 Å². The fourth-order valence-electron chi connectivity index (χ4n) is 4.05. The van der Waals surface area contributed by atoms with Crippen molar-refractivity contribution in [2.45, 2.75) is 37.0 Å². The van der Waals surface area contributed by atoms with E-state index in [-0.39, 0.29) is 0 Å². The molecule has 6 nitrogen and oxygen atoms in total. The van der Waals surface area contributed by atoms with Gasteiger partial charge >= 0.3 is 0 Å². The lowest BCUT2D eigenvalue weighted by atomic mass is 9.91. The van der Waals surface area contributed by atoms with Crippen LogP contribution in [0.4, 0.5) is 0 Å². The van der Waals surface area contributed by atoms with Gasteiger partial charge in [0.2, 0.25) is 10.0 Å². The third-order valence-electron chi connectivity index (χ3n) is 5.50. The van der Waals surface area contributed by atoms with E-state index in [1.54, 1.807) is 26.4 Å². The van der Waals surface area contributed by atoms with Gasteiger partial charge in [-0.25, -0.2) is 13.1 Å². The van der Waals surface area contributed by atoms with Crippen LogP contribution in [0.15, 0.2) is 17.0 Å². The minimum absolute atomic E-state index is 0.357. The van der Waals surface area contributed by atoms with Crippen molar-refractivity contribution in [3.8, 4) is 5.75 Å². The molecule has 1 atom stereocenters. The van der Waals surface area contributed by atoms with E-state index >= 15 is 0 Å². The number of methoxy groups -OCH3 is 2. The molecule has 1 fully saturated rings. The van der Waals surface area contributed by atoms with Crippen LogP contribution in [0.25, 0.3) is 0 Å². The molecule has 2 aliphatic rings. The Labute approximate surface area is 156 Å². The lowest BCUT2D eigenvalue weighted by Gasteiger charge is -2.22. The van der Waals surface area contributed by atoms with Crippen molar-refractivity contribution in [1.82, 2.24) is 9.62 Å². The van der Waals surface area contributed by atoms with E-state index in [1.807, 2.05) is 0 Å².